The highest BCUT2D eigenvalue weighted by Gasteiger charge is 2.13. The van der Waals surface area contributed by atoms with Gasteiger partial charge in [-0.15, -0.1) is 0 Å². The van der Waals surface area contributed by atoms with E-state index in [-0.39, 0.29) is 11.4 Å². The molecule has 3 aromatic rings. The topological polar surface area (TPSA) is 71.7 Å². The summed E-state index contributed by atoms with van der Waals surface area (Å²) in [5, 5.41) is 0.543. The average Bonchev–Trinajstić information content (AvgIpc) is 3.08. The fourth-order valence-corrected chi connectivity index (χ4v) is 3.30. The second kappa shape index (κ2) is 7.65. The van der Waals surface area contributed by atoms with Crippen molar-refractivity contribution < 1.29 is 12.8 Å². The summed E-state index contributed by atoms with van der Waals surface area (Å²) in [5.74, 6) is 0.994. The van der Waals surface area contributed by atoms with Gasteiger partial charge >= 0.3 is 0 Å². The first-order valence-electron chi connectivity index (χ1n) is 7.47. The Hall–Kier alpha value is -2.41. The second-order valence-corrected chi connectivity index (χ2v) is 7.33. The summed E-state index contributed by atoms with van der Waals surface area (Å²) < 4.78 is 32.4. The molecule has 5 nitrogen and oxygen atoms in total. The summed E-state index contributed by atoms with van der Waals surface area (Å²) in [5.41, 5.74) is 0.631. The third-order valence-electron chi connectivity index (χ3n) is 3.36. The minimum atomic E-state index is -3.57. The number of furan rings is 1. The lowest BCUT2D eigenvalue weighted by molar-refractivity contribution is 0.494. The summed E-state index contributed by atoms with van der Waals surface area (Å²) in [6.45, 7) is 0.0527. The summed E-state index contributed by atoms with van der Waals surface area (Å²) in [4.78, 5) is 4.47. The summed E-state index contributed by atoms with van der Waals surface area (Å²) >= 11 is 6.03. The fourth-order valence-electron chi connectivity index (χ4n) is 2.10. The van der Waals surface area contributed by atoms with Crippen molar-refractivity contribution in [2.45, 2.75) is 11.4 Å². The average molecular weight is 375 g/mol. The van der Waals surface area contributed by atoms with Gasteiger partial charge in [-0.05, 0) is 36.4 Å². The molecule has 1 heterocycles. The Balaban J connectivity index is 1.65. The number of nitrogens with one attached hydrogen (secondary N) is 1. The maximum atomic E-state index is 12.2. The highest BCUT2D eigenvalue weighted by molar-refractivity contribution is 7.89. The van der Waals surface area contributed by atoms with Crippen LogP contribution in [0.3, 0.4) is 0 Å². The van der Waals surface area contributed by atoms with Crippen molar-refractivity contribution in [3.8, 4) is 0 Å². The van der Waals surface area contributed by atoms with Crippen molar-refractivity contribution in [3.05, 3.63) is 83.3 Å². The molecular weight excluding hydrogens is 360 g/mol. The van der Waals surface area contributed by atoms with Crippen molar-refractivity contribution in [2.24, 2.45) is 4.99 Å². The first-order valence-corrected chi connectivity index (χ1v) is 9.33. The Labute approximate surface area is 151 Å². The Bertz CT molecular complexity index is 982. The van der Waals surface area contributed by atoms with Gasteiger partial charge in [-0.1, -0.05) is 41.9 Å². The molecule has 0 aliphatic carbocycles. The van der Waals surface area contributed by atoms with E-state index in [0.29, 0.717) is 22.2 Å². The minimum Gasteiger partial charge on any atom is -0.459 e. The van der Waals surface area contributed by atoms with Gasteiger partial charge in [-0.3, -0.25) is 4.99 Å². The zero-order chi connectivity index (χ0) is 17.7. The lowest BCUT2D eigenvalue weighted by Gasteiger charge is -2.04. The molecule has 0 spiro atoms. The van der Waals surface area contributed by atoms with Crippen LogP contribution in [0.1, 0.15) is 11.5 Å². The number of rotatable bonds is 6. The molecule has 0 radical (unpaired) electrons. The van der Waals surface area contributed by atoms with Crippen molar-refractivity contribution in [3.63, 3.8) is 0 Å². The highest BCUT2D eigenvalue weighted by atomic mass is 35.5. The van der Waals surface area contributed by atoms with E-state index in [1.54, 1.807) is 42.5 Å². The first kappa shape index (κ1) is 17.4. The first-order chi connectivity index (χ1) is 12.0. The normalized spacial score (nSPS) is 11.9. The molecule has 0 bridgehead atoms. The van der Waals surface area contributed by atoms with Gasteiger partial charge in [0.1, 0.15) is 11.5 Å². The molecule has 0 unspecified atom stereocenters. The molecule has 1 N–H and O–H groups in total. The van der Waals surface area contributed by atoms with E-state index < -0.39 is 10.0 Å². The van der Waals surface area contributed by atoms with E-state index in [9.17, 15) is 8.42 Å². The quantitative estimate of drug-likeness (QED) is 0.658. The van der Waals surface area contributed by atoms with Gasteiger partial charge in [0.25, 0.3) is 0 Å². The Morgan fingerprint density at radius 2 is 1.72 bits per heavy atom. The molecule has 0 atom stereocenters. The second-order valence-electron chi connectivity index (χ2n) is 5.15. The van der Waals surface area contributed by atoms with Crippen LogP contribution in [-0.4, -0.2) is 14.6 Å². The molecule has 3 rings (SSSR count). The van der Waals surface area contributed by atoms with Crippen molar-refractivity contribution in [1.82, 2.24) is 4.72 Å². The molecule has 0 fully saturated rings. The van der Waals surface area contributed by atoms with Crippen LogP contribution in [0.2, 0.25) is 5.02 Å². The number of hydrogen-bond acceptors (Lipinski definition) is 4. The largest absolute Gasteiger partial charge is 0.459 e. The summed E-state index contributed by atoms with van der Waals surface area (Å²) in [6.07, 6.45) is 1.54. The number of hydrogen-bond donors (Lipinski definition) is 1. The van der Waals surface area contributed by atoms with Crippen LogP contribution >= 0.6 is 11.6 Å². The Morgan fingerprint density at radius 1 is 1.00 bits per heavy atom. The zero-order valence-corrected chi connectivity index (χ0v) is 14.7. The lowest BCUT2D eigenvalue weighted by Crippen LogP contribution is -2.22. The van der Waals surface area contributed by atoms with Gasteiger partial charge < -0.3 is 4.42 Å². The van der Waals surface area contributed by atoms with Crippen LogP contribution in [-0.2, 0) is 16.6 Å². The smallest absolute Gasteiger partial charge is 0.240 e. The van der Waals surface area contributed by atoms with Gasteiger partial charge in [0.15, 0.2) is 0 Å². The third-order valence-corrected chi connectivity index (χ3v) is 5.09. The molecule has 0 saturated carbocycles. The molecule has 2 aromatic carbocycles. The minimum absolute atomic E-state index is 0.0527. The molecule has 128 valence electrons. The lowest BCUT2D eigenvalue weighted by atomic mass is 10.3. The number of aliphatic imine (C=N–C) groups is 1. The van der Waals surface area contributed by atoms with E-state index in [4.69, 9.17) is 16.0 Å². The molecule has 0 amide bonds. The highest BCUT2D eigenvalue weighted by Crippen LogP contribution is 2.23. The predicted octanol–water partition coefficient (Wildman–Crippen LogP) is 4.16. The van der Waals surface area contributed by atoms with Crippen LogP contribution in [0, 0.1) is 0 Å². The summed E-state index contributed by atoms with van der Waals surface area (Å²) in [7, 11) is -3.57. The summed E-state index contributed by atoms with van der Waals surface area (Å²) in [6, 6.07) is 18.8. The van der Waals surface area contributed by atoms with Crippen LogP contribution < -0.4 is 4.72 Å². The van der Waals surface area contributed by atoms with Gasteiger partial charge in [0, 0.05) is 0 Å². The van der Waals surface area contributed by atoms with Crippen molar-refractivity contribution in [2.75, 3.05) is 0 Å². The number of para-hydroxylation sites is 1. The van der Waals surface area contributed by atoms with Crippen LogP contribution in [0.5, 0.6) is 0 Å². The molecule has 7 heteroatoms. The van der Waals surface area contributed by atoms with Crippen molar-refractivity contribution >= 4 is 33.5 Å². The fraction of sp³-hybridized carbons (Fsp3) is 0.0556. The SMILES string of the molecule is O=S(=O)(NCc1ccc(C=Nc2ccccc2Cl)o1)c1ccccc1. The molecule has 25 heavy (non-hydrogen) atoms. The van der Waals surface area contributed by atoms with E-state index in [2.05, 4.69) is 9.71 Å². The Morgan fingerprint density at radius 3 is 2.48 bits per heavy atom. The van der Waals surface area contributed by atoms with E-state index in [1.807, 2.05) is 12.1 Å². The number of sulfonamides is 1. The van der Waals surface area contributed by atoms with Gasteiger partial charge in [-0.25, -0.2) is 13.1 Å². The maximum Gasteiger partial charge on any atom is 0.240 e. The van der Waals surface area contributed by atoms with Crippen molar-refractivity contribution in [1.29, 1.82) is 0 Å². The molecular formula is C18H15ClN2O3S. The van der Waals surface area contributed by atoms with Crippen LogP contribution in [0.4, 0.5) is 5.69 Å². The van der Waals surface area contributed by atoms with E-state index in [1.165, 1.54) is 18.3 Å². The monoisotopic (exact) mass is 374 g/mol. The van der Waals surface area contributed by atoms with Gasteiger partial charge in [-0.2, -0.15) is 0 Å². The molecule has 0 aliphatic rings. The van der Waals surface area contributed by atoms with Crippen LogP contribution in [0.15, 0.2) is 81.0 Å². The van der Waals surface area contributed by atoms with Crippen LogP contribution in [0.25, 0.3) is 0 Å². The predicted molar refractivity (Wildman–Crippen MR) is 97.9 cm³/mol. The van der Waals surface area contributed by atoms with Gasteiger partial charge in [0.2, 0.25) is 10.0 Å². The zero-order valence-electron chi connectivity index (χ0n) is 13.1. The molecule has 1 aromatic heterocycles. The molecule has 0 saturated heterocycles. The standard InChI is InChI=1S/C18H15ClN2O3S/c19-17-8-4-5-9-18(17)20-12-14-10-11-15(24-14)13-21-25(22,23)16-6-2-1-3-7-16/h1-12,21H,13H2. The maximum absolute atomic E-state index is 12.2. The number of nitrogens with zero attached hydrogens (tertiary/aromatic N) is 1. The Kier molecular flexibility index (Phi) is 5.33. The molecule has 0 aliphatic heterocycles. The number of halogens is 1. The van der Waals surface area contributed by atoms with E-state index in [0.717, 1.165) is 0 Å². The van der Waals surface area contributed by atoms with Gasteiger partial charge in [0.05, 0.1) is 28.4 Å². The number of benzene rings is 2. The van der Waals surface area contributed by atoms with E-state index >= 15 is 0 Å². The third kappa shape index (κ3) is 4.57.